The molecule has 1 rings (SSSR count). The quantitative estimate of drug-likeness (QED) is 0.507. The van der Waals surface area contributed by atoms with Crippen molar-refractivity contribution >= 4 is 15.9 Å². The average molecular weight is 204 g/mol. The van der Waals surface area contributed by atoms with E-state index in [9.17, 15) is 10.1 Å². The summed E-state index contributed by atoms with van der Waals surface area (Å²) in [6.07, 6.45) is 4.10. The lowest BCUT2D eigenvalue weighted by Crippen LogP contribution is -2.15. The van der Waals surface area contributed by atoms with Gasteiger partial charge < -0.3 is 5.32 Å². The Bertz CT molecular complexity index is 222. The van der Waals surface area contributed by atoms with E-state index in [1.807, 2.05) is 0 Å². The van der Waals surface area contributed by atoms with Crippen LogP contribution >= 0.6 is 15.9 Å². The average Bonchev–Trinajstić information content (AvgIpc) is 1.88. The molecule has 0 aromatic heterocycles. The number of nitrogens with one attached hydrogen (secondary N) is 1. The summed E-state index contributed by atoms with van der Waals surface area (Å²) in [6.45, 7) is 0.581. The lowest BCUT2D eigenvalue weighted by molar-refractivity contribution is -0.421. The van der Waals surface area contributed by atoms with Crippen molar-refractivity contribution in [2.75, 3.05) is 6.54 Å². The topological polar surface area (TPSA) is 55.2 Å². The van der Waals surface area contributed by atoms with Crippen LogP contribution in [0.3, 0.4) is 0 Å². The molecular formula is C5H4BrN2O2. The van der Waals surface area contributed by atoms with Crippen molar-refractivity contribution in [2.45, 2.75) is 0 Å². The molecule has 0 spiro atoms. The number of dihydropyridines is 1. The molecule has 1 heterocycles. The Balaban J connectivity index is 2.84. The van der Waals surface area contributed by atoms with Crippen LogP contribution in [0.5, 0.6) is 0 Å². The minimum absolute atomic E-state index is 0.0498. The van der Waals surface area contributed by atoms with Crippen LogP contribution in [0.25, 0.3) is 0 Å². The molecule has 0 aromatic rings. The number of nitrogens with zero attached hydrogens (tertiary/aromatic N) is 1. The fourth-order valence-electron chi connectivity index (χ4n) is 0.565. The third-order valence-electron chi connectivity index (χ3n) is 0.999. The van der Waals surface area contributed by atoms with Crippen LogP contribution in [0, 0.1) is 16.3 Å². The Morgan fingerprint density at radius 3 is 3.00 bits per heavy atom. The second-order valence-electron chi connectivity index (χ2n) is 1.66. The summed E-state index contributed by atoms with van der Waals surface area (Å²) in [6, 6.07) is 0. The number of hydrogen-bond donors (Lipinski definition) is 1. The molecule has 0 unspecified atom stereocenters. The van der Waals surface area contributed by atoms with E-state index >= 15 is 0 Å². The number of hydrogen-bond acceptors (Lipinski definition) is 3. The van der Waals surface area contributed by atoms with Crippen LogP contribution < -0.4 is 5.32 Å². The highest BCUT2D eigenvalue weighted by Crippen LogP contribution is 2.17. The van der Waals surface area contributed by atoms with Gasteiger partial charge in [-0.1, -0.05) is 0 Å². The van der Waals surface area contributed by atoms with Crippen molar-refractivity contribution in [1.29, 1.82) is 0 Å². The minimum Gasteiger partial charge on any atom is -0.374 e. The zero-order chi connectivity index (χ0) is 7.56. The van der Waals surface area contributed by atoms with E-state index < -0.39 is 4.92 Å². The second-order valence-corrected chi connectivity index (χ2v) is 2.52. The molecule has 0 aromatic carbocycles. The molecule has 0 bridgehead atoms. The maximum Gasteiger partial charge on any atom is 0.308 e. The van der Waals surface area contributed by atoms with Gasteiger partial charge in [0.1, 0.15) is 6.20 Å². The molecule has 0 saturated carbocycles. The summed E-state index contributed by atoms with van der Waals surface area (Å²) < 4.78 is 0.483. The van der Waals surface area contributed by atoms with Crippen LogP contribution in [0.4, 0.5) is 0 Å². The van der Waals surface area contributed by atoms with Gasteiger partial charge in [0.25, 0.3) is 0 Å². The van der Waals surface area contributed by atoms with Crippen molar-refractivity contribution in [3.63, 3.8) is 0 Å². The van der Waals surface area contributed by atoms with Gasteiger partial charge in [0, 0.05) is 6.54 Å². The first kappa shape index (κ1) is 7.27. The molecular weight excluding hydrogens is 200 g/mol. The molecule has 1 radical (unpaired) electrons. The molecule has 0 aliphatic carbocycles. The van der Waals surface area contributed by atoms with Crippen molar-refractivity contribution < 1.29 is 4.92 Å². The smallest absolute Gasteiger partial charge is 0.308 e. The van der Waals surface area contributed by atoms with E-state index in [1.165, 1.54) is 0 Å². The Morgan fingerprint density at radius 1 is 1.90 bits per heavy atom. The Hall–Kier alpha value is -0.840. The number of rotatable bonds is 1. The first-order valence-corrected chi connectivity index (χ1v) is 3.37. The summed E-state index contributed by atoms with van der Waals surface area (Å²) in [5, 5.41) is 12.8. The van der Waals surface area contributed by atoms with Gasteiger partial charge in [-0.05, 0) is 22.0 Å². The van der Waals surface area contributed by atoms with E-state index in [1.54, 1.807) is 6.08 Å². The Kier molecular flexibility index (Phi) is 2.06. The zero-order valence-electron chi connectivity index (χ0n) is 4.93. The maximum atomic E-state index is 10.2. The van der Waals surface area contributed by atoms with Gasteiger partial charge >= 0.3 is 5.70 Å². The molecule has 5 heteroatoms. The van der Waals surface area contributed by atoms with Crippen LogP contribution in [0.1, 0.15) is 0 Å². The van der Waals surface area contributed by atoms with Crippen molar-refractivity contribution in [3.8, 4) is 0 Å². The highest BCUT2D eigenvalue weighted by Gasteiger charge is 2.17. The zero-order valence-corrected chi connectivity index (χ0v) is 6.51. The van der Waals surface area contributed by atoms with Gasteiger partial charge in [0.05, 0.1) is 9.41 Å². The van der Waals surface area contributed by atoms with E-state index in [0.717, 1.165) is 0 Å². The van der Waals surface area contributed by atoms with Gasteiger partial charge in [0.15, 0.2) is 0 Å². The van der Waals surface area contributed by atoms with Gasteiger partial charge in [-0.15, -0.1) is 0 Å². The lowest BCUT2D eigenvalue weighted by Gasteiger charge is -2.02. The van der Waals surface area contributed by atoms with Crippen molar-refractivity contribution in [3.05, 3.63) is 32.6 Å². The van der Waals surface area contributed by atoms with Crippen molar-refractivity contribution in [2.24, 2.45) is 0 Å². The molecule has 1 aliphatic heterocycles. The summed E-state index contributed by atoms with van der Waals surface area (Å²) in [4.78, 5) is 9.67. The normalized spacial score (nSPS) is 16.9. The van der Waals surface area contributed by atoms with Gasteiger partial charge in [0.2, 0.25) is 0 Å². The Morgan fingerprint density at radius 2 is 2.60 bits per heavy atom. The molecule has 1 aliphatic rings. The molecule has 4 nitrogen and oxygen atoms in total. The summed E-state index contributed by atoms with van der Waals surface area (Å²) in [5.41, 5.74) is -0.0498. The fraction of sp³-hybridized carbons (Fsp3) is 0.200. The van der Waals surface area contributed by atoms with Crippen LogP contribution in [-0.2, 0) is 0 Å². The molecule has 0 saturated heterocycles. The minimum atomic E-state index is -0.493. The van der Waals surface area contributed by atoms with Crippen molar-refractivity contribution in [1.82, 2.24) is 5.32 Å². The summed E-state index contributed by atoms with van der Waals surface area (Å²) in [7, 11) is 0. The fourth-order valence-corrected chi connectivity index (χ4v) is 0.970. The molecule has 0 atom stereocenters. The van der Waals surface area contributed by atoms with Crippen LogP contribution in [-0.4, -0.2) is 11.5 Å². The monoisotopic (exact) mass is 203 g/mol. The molecule has 0 amide bonds. The van der Waals surface area contributed by atoms with E-state index in [-0.39, 0.29) is 5.70 Å². The predicted molar refractivity (Wildman–Crippen MR) is 38.8 cm³/mol. The van der Waals surface area contributed by atoms with Gasteiger partial charge in [-0.2, -0.15) is 0 Å². The van der Waals surface area contributed by atoms with Gasteiger partial charge in [-0.25, -0.2) is 0 Å². The summed E-state index contributed by atoms with van der Waals surface area (Å²) in [5.74, 6) is 0. The van der Waals surface area contributed by atoms with E-state index in [4.69, 9.17) is 0 Å². The third-order valence-corrected chi connectivity index (χ3v) is 1.70. The Labute approximate surface area is 65.9 Å². The molecule has 0 fully saturated rings. The highest BCUT2D eigenvalue weighted by atomic mass is 79.9. The lowest BCUT2D eigenvalue weighted by atomic mass is 10.3. The summed E-state index contributed by atoms with van der Waals surface area (Å²) >= 11 is 3.04. The van der Waals surface area contributed by atoms with E-state index in [2.05, 4.69) is 27.4 Å². The highest BCUT2D eigenvalue weighted by molar-refractivity contribution is 9.11. The van der Waals surface area contributed by atoms with E-state index in [0.29, 0.717) is 11.0 Å². The van der Waals surface area contributed by atoms with Gasteiger partial charge in [-0.3, -0.25) is 10.1 Å². The predicted octanol–water partition coefficient (Wildman–Crippen LogP) is 0.790. The first-order chi connectivity index (χ1) is 4.72. The maximum absolute atomic E-state index is 10.2. The number of halogens is 1. The SMILES string of the molecule is O=[N+]([O-])C1=[C]NCC=C1Br. The largest absolute Gasteiger partial charge is 0.374 e. The number of nitro groups is 1. The molecule has 10 heavy (non-hydrogen) atoms. The second kappa shape index (κ2) is 2.83. The van der Waals surface area contributed by atoms with Crippen LogP contribution in [0.15, 0.2) is 16.3 Å². The third kappa shape index (κ3) is 1.36. The number of allylic oxidation sites excluding steroid dienone is 1. The first-order valence-electron chi connectivity index (χ1n) is 2.58. The molecule has 53 valence electrons. The van der Waals surface area contributed by atoms with Crippen LogP contribution in [0.2, 0.25) is 0 Å². The molecule has 1 N–H and O–H groups in total. The standard InChI is InChI=1S/C5H4BrN2O2/c6-4-1-2-7-3-5(4)8(9)10/h1,7H,2H2.